The molecule has 2 aliphatic heterocycles. The number of amides is 1. The zero-order valence-corrected chi connectivity index (χ0v) is 26.2. The summed E-state index contributed by atoms with van der Waals surface area (Å²) in [4.78, 5) is 17.3. The molecule has 2 aliphatic rings. The van der Waals surface area contributed by atoms with Gasteiger partial charge in [0, 0.05) is 23.5 Å². The van der Waals surface area contributed by atoms with Crippen molar-refractivity contribution in [2.75, 3.05) is 38.7 Å². The van der Waals surface area contributed by atoms with E-state index in [0.29, 0.717) is 48.3 Å². The highest BCUT2D eigenvalue weighted by Crippen LogP contribution is 2.33. The fraction of sp³-hybridized carbons (Fsp3) is 0.429. The maximum absolute atomic E-state index is 15.3. The standard InChI is InChI=1S/C35H43FN4O5/c1-4-29(24-9-7-6-8-10-24)40-34(41)33-35(45-33)39-25-11-12-32(28(36)19-25)44-31-15-18-38-30(5-2)27(31)20-26(42-3)22-43-21-23-13-16-37-17-14-23/h6-12,15,18-20,23,29,33,35,37,39H,4-5,13-14,16-17,21-22H2,1-3H3,(H,40,41)/b26-20+/t29-,33?,35?/m1/s1. The van der Waals surface area contributed by atoms with Crippen LogP contribution in [-0.4, -0.2) is 56.6 Å². The highest BCUT2D eigenvalue weighted by molar-refractivity contribution is 5.84. The van der Waals surface area contributed by atoms with Gasteiger partial charge in [-0.3, -0.25) is 9.78 Å². The number of pyridine rings is 1. The molecule has 45 heavy (non-hydrogen) atoms. The summed E-state index contributed by atoms with van der Waals surface area (Å²) in [6, 6.07) is 16.0. The molecular formula is C35H43FN4O5. The van der Waals surface area contributed by atoms with Crippen LogP contribution in [0, 0.1) is 11.7 Å². The largest absolute Gasteiger partial charge is 0.499 e. The minimum Gasteiger partial charge on any atom is -0.499 e. The van der Waals surface area contributed by atoms with E-state index in [1.165, 1.54) is 6.07 Å². The summed E-state index contributed by atoms with van der Waals surface area (Å²) < 4.78 is 38.5. The average molecular weight is 619 g/mol. The maximum Gasteiger partial charge on any atom is 0.254 e. The highest BCUT2D eigenvalue weighted by Gasteiger charge is 2.45. The lowest BCUT2D eigenvalue weighted by Crippen LogP contribution is -2.33. The molecule has 2 unspecified atom stereocenters. The van der Waals surface area contributed by atoms with E-state index < -0.39 is 18.1 Å². The van der Waals surface area contributed by atoms with Crippen molar-refractivity contribution >= 4 is 17.7 Å². The fourth-order valence-electron chi connectivity index (χ4n) is 5.45. The number of aryl methyl sites for hydroxylation is 1. The van der Waals surface area contributed by atoms with Gasteiger partial charge in [0.2, 0.25) is 0 Å². The van der Waals surface area contributed by atoms with Gasteiger partial charge in [0.15, 0.2) is 23.9 Å². The lowest BCUT2D eigenvalue weighted by Gasteiger charge is -2.22. The molecule has 3 aromatic rings. The van der Waals surface area contributed by atoms with Crippen molar-refractivity contribution in [2.45, 2.75) is 57.9 Å². The van der Waals surface area contributed by atoms with Crippen LogP contribution in [0.1, 0.15) is 56.0 Å². The van der Waals surface area contributed by atoms with E-state index in [1.807, 2.05) is 50.3 Å². The smallest absolute Gasteiger partial charge is 0.254 e. The quantitative estimate of drug-likeness (QED) is 0.141. The number of carbonyl (C=O) groups excluding carboxylic acids is 1. The number of epoxide rings is 1. The number of nitrogens with one attached hydrogen (secondary N) is 3. The topological polar surface area (TPSA) is 106 Å². The number of carbonyl (C=O) groups is 1. The second kappa shape index (κ2) is 15.8. The first-order chi connectivity index (χ1) is 22.0. The van der Waals surface area contributed by atoms with Crippen molar-refractivity contribution in [1.82, 2.24) is 15.6 Å². The van der Waals surface area contributed by atoms with E-state index in [4.69, 9.17) is 18.9 Å². The zero-order chi connectivity index (χ0) is 31.6. The average Bonchev–Trinajstić information content (AvgIpc) is 3.84. The van der Waals surface area contributed by atoms with Gasteiger partial charge < -0.3 is 34.9 Å². The summed E-state index contributed by atoms with van der Waals surface area (Å²) >= 11 is 0. The molecule has 9 nitrogen and oxygen atoms in total. The number of hydrogen-bond acceptors (Lipinski definition) is 8. The van der Waals surface area contributed by atoms with Gasteiger partial charge in [0.1, 0.15) is 18.1 Å². The van der Waals surface area contributed by atoms with Crippen LogP contribution >= 0.6 is 0 Å². The molecule has 0 bridgehead atoms. The van der Waals surface area contributed by atoms with Crippen LogP contribution in [0.25, 0.3) is 6.08 Å². The summed E-state index contributed by atoms with van der Waals surface area (Å²) in [5.74, 6) is 0.925. The molecule has 0 aliphatic carbocycles. The van der Waals surface area contributed by atoms with Gasteiger partial charge in [-0.05, 0) is 74.5 Å². The fourth-order valence-corrected chi connectivity index (χ4v) is 5.45. The summed E-state index contributed by atoms with van der Waals surface area (Å²) in [6.45, 7) is 7.05. The number of piperidine rings is 1. The maximum atomic E-state index is 15.3. The predicted molar refractivity (Wildman–Crippen MR) is 171 cm³/mol. The Balaban J connectivity index is 1.20. The zero-order valence-electron chi connectivity index (χ0n) is 26.2. The van der Waals surface area contributed by atoms with Gasteiger partial charge in [0.25, 0.3) is 5.91 Å². The molecule has 3 atom stereocenters. The molecule has 10 heteroatoms. The molecule has 0 spiro atoms. The van der Waals surface area contributed by atoms with Gasteiger partial charge in [-0.1, -0.05) is 44.2 Å². The molecule has 1 aromatic heterocycles. The van der Waals surface area contributed by atoms with Gasteiger partial charge in [-0.15, -0.1) is 0 Å². The third kappa shape index (κ3) is 8.81. The Morgan fingerprint density at radius 2 is 1.93 bits per heavy atom. The Morgan fingerprint density at radius 3 is 2.64 bits per heavy atom. The van der Waals surface area contributed by atoms with E-state index in [9.17, 15) is 4.79 Å². The van der Waals surface area contributed by atoms with E-state index in [0.717, 1.165) is 43.6 Å². The SMILES string of the molecule is CCc1nccc(Oc2ccc(NC3OC3C(=O)N[C@H](CC)c3ccccc3)cc2F)c1/C=C(\COCC1CCNCC1)OC. The lowest BCUT2D eigenvalue weighted by molar-refractivity contribution is -0.123. The normalized spacial score (nSPS) is 19.1. The number of halogens is 1. The van der Waals surface area contributed by atoms with Crippen LogP contribution in [0.5, 0.6) is 11.5 Å². The minimum atomic E-state index is -0.654. The lowest BCUT2D eigenvalue weighted by atomic mass is 9.99. The molecule has 1 amide bonds. The summed E-state index contributed by atoms with van der Waals surface area (Å²) in [6.07, 6.45) is 5.91. The molecule has 3 N–H and O–H groups in total. The van der Waals surface area contributed by atoms with Crippen molar-refractivity contribution in [3.05, 3.63) is 89.2 Å². The summed E-state index contributed by atoms with van der Waals surface area (Å²) in [5, 5.41) is 9.49. The van der Waals surface area contributed by atoms with Crippen molar-refractivity contribution in [1.29, 1.82) is 0 Å². The molecule has 0 radical (unpaired) electrons. The van der Waals surface area contributed by atoms with Crippen LogP contribution in [0.3, 0.4) is 0 Å². The van der Waals surface area contributed by atoms with E-state index in [1.54, 1.807) is 31.5 Å². The van der Waals surface area contributed by atoms with Crippen molar-refractivity contribution in [3.8, 4) is 11.5 Å². The van der Waals surface area contributed by atoms with Gasteiger partial charge in [-0.25, -0.2) is 4.39 Å². The number of nitrogens with zero attached hydrogens (tertiary/aromatic N) is 1. The Labute approximate surface area is 264 Å². The number of ether oxygens (including phenoxy) is 4. The monoisotopic (exact) mass is 618 g/mol. The molecule has 2 fully saturated rings. The number of aromatic nitrogens is 1. The Morgan fingerprint density at radius 1 is 1.13 bits per heavy atom. The Hall–Kier alpha value is -3.99. The van der Waals surface area contributed by atoms with Crippen molar-refractivity contribution < 1.29 is 28.1 Å². The van der Waals surface area contributed by atoms with Crippen LogP contribution < -0.4 is 20.7 Å². The molecule has 2 saturated heterocycles. The first kappa shape index (κ1) is 32.4. The third-order valence-electron chi connectivity index (χ3n) is 8.13. The minimum absolute atomic E-state index is 0.0595. The van der Waals surface area contributed by atoms with Crippen molar-refractivity contribution in [3.63, 3.8) is 0 Å². The van der Waals surface area contributed by atoms with E-state index in [2.05, 4.69) is 20.9 Å². The van der Waals surface area contributed by atoms with Crippen molar-refractivity contribution in [2.24, 2.45) is 5.92 Å². The Kier molecular flexibility index (Phi) is 11.4. The number of methoxy groups -OCH3 is 1. The first-order valence-corrected chi connectivity index (χ1v) is 15.7. The molecule has 3 heterocycles. The summed E-state index contributed by atoms with van der Waals surface area (Å²) in [5.41, 5.74) is 3.03. The second-order valence-electron chi connectivity index (χ2n) is 11.3. The summed E-state index contributed by atoms with van der Waals surface area (Å²) in [7, 11) is 1.61. The van der Waals surface area contributed by atoms with Crippen LogP contribution in [0.2, 0.25) is 0 Å². The number of benzene rings is 2. The predicted octanol–water partition coefficient (Wildman–Crippen LogP) is 5.98. The van der Waals surface area contributed by atoms with E-state index >= 15 is 4.39 Å². The Bertz CT molecular complexity index is 1450. The van der Waals surface area contributed by atoms with Gasteiger partial charge >= 0.3 is 0 Å². The molecule has 0 saturated carbocycles. The number of rotatable bonds is 15. The van der Waals surface area contributed by atoms with Gasteiger partial charge in [0.05, 0.1) is 25.5 Å². The van der Waals surface area contributed by atoms with E-state index in [-0.39, 0.29) is 17.7 Å². The molecular weight excluding hydrogens is 575 g/mol. The first-order valence-electron chi connectivity index (χ1n) is 15.7. The van der Waals surface area contributed by atoms with Crippen LogP contribution in [0.15, 0.2) is 66.6 Å². The highest BCUT2D eigenvalue weighted by atomic mass is 19.1. The third-order valence-corrected chi connectivity index (χ3v) is 8.13. The second-order valence-corrected chi connectivity index (χ2v) is 11.3. The molecule has 5 rings (SSSR count). The van der Waals surface area contributed by atoms with Gasteiger partial charge in [-0.2, -0.15) is 0 Å². The molecule has 2 aromatic carbocycles. The van der Waals surface area contributed by atoms with Crippen LogP contribution in [-0.2, 0) is 25.4 Å². The van der Waals surface area contributed by atoms with Crippen LogP contribution in [0.4, 0.5) is 10.1 Å². The molecule has 240 valence electrons. The number of anilines is 1. The number of hydrogen-bond donors (Lipinski definition) is 3.